The Bertz CT molecular complexity index is 979. The van der Waals surface area contributed by atoms with Crippen molar-refractivity contribution in [2.24, 2.45) is 0 Å². The number of carbonyl (C=O) groups excluding carboxylic acids is 2. The molecule has 0 radical (unpaired) electrons. The van der Waals surface area contributed by atoms with Crippen molar-refractivity contribution in [2.45, 2.75) is 0 Å². The lowest BCUT2D eigenvalue weighted by Crippen LogP contribution is -2.54. The van der Waals surface area contributed by atoms with Crippen LogP contribution in [0.15, 0.2) is 42.0 Å². The van der Waals surface area contributed by atoms with Gasteiger partial charge < -0.3 is 14.6 Å². The number of thiocarbonyl (C=S) groups is 1. The lowest BCUT2D eigenvalue weighted by atomic mass is 10.1. The van der Waals surface area contributed by atoms with Gasteiger partial charge >= 0.3 is 0 Å². The van der Waals surface area contributed by atoms with Crippen molar-refractivity contribution in [3.05, 3.63) is 53.4 Å². The van der Waals surface area contributed by atoms with E-state index in [2.05, 4.69) is 5.32 Å². The summed E-state index contributed by atoms with van der Waals surface area (Å²) in [6.45, 7) is 0. The Hall–Kier alpha value is -3.46. The fraction of sp³-hybridized carbons (Fsp3) is 0.105. The third kappa shape index (κ3) is 3.52. The van der Waals surface area contributed by atoms with Crippen LogP contribution in [0.2, 0.25) is 0 Å². The zero-order chi connectivity index (χ0) is 20.4. The Morgan fingerprint density at radius 1 is 1.11 bits per heavy atom. The van der Waals surface area contributed by atoms with Gasteiger partial charge in [-0.15, -0.1) is 0 Å². The van der Waals surface area contributed by atoms with E-state index in [-0.39, 0.29) is 27.9 Å². The minimum Gasteiger partial charge on any atom is -0.502 e. The molecule has 1 aliphatic heterocycles. The molecule has 2 amide bonds. The molecule has 9 heteroatoms. The molecule has 1 heterocycles. The Balaban J connectivity index is 2.05. The van der Waals surface area contributed by atoms with E-state index < -0.39 is 17.6 Å². The molecule has 1 saturated heterocycles. The largest absolute Gasteiger partial charge is 0.502 e. The lowest BCUT2D eigenvalue weighted by molar-refractivity contribution is -0.122. The predicted octanol–water partition coefficient (Wildman–Crippen LogP) is 2.38. The van der Waals surface area contributed by atoms with Gasteiger partial charge in [0.15, 0.2) is 16.6 Å². The number of phenolic OH excluding ortho intramolecular Hbond substituents is 1. The summed E-state index contributed by atoms with van der Waals surface area (Å²) in [5.74, 6) is -1.81. The molecule has 0 unspecified atom stereocenters. The zero-order valence-corrected chi connectivity index (χ0v) is 15.7. The van der Waals surface area contributed by atoms with Crippen LogP contribution in [0.3, 0.4) is 0 Å². The van der Waals surface area contributed by atoms with Gasteiger partial charge in [0.2, 0.25) is 5.75 Å². The van der Waals surface area contributed by atoms with Gasteiger partial charge in [0.25, 0.3) is 11.8 Å². The summed E-state index contributed by atoms with van der Waals surface area (Å²) >= 11 is 5.09. The zero-order valence-electron chi connectivity index (χ0n) is 14.9. The Labute approximate surface area is 165 Å². The smallest absolute Gasteiger partial charge is 0.270 e. The molecular formula is C19H15FN2O5S. The van der Waals surface area contributed by atoms with E-state index in [1.165, 1.54) is 56.7 Å². The number of anilines is 1. The maximum atomic E-state index is 13.2. The SMILES string of the molecule is COc1cc(/C=C2/C(=O)NC(=S)N(c3ccc(F)cc3)C2=O)cc(OC)c1O. The second-order valence-corrected chi connectivity index (χ2v) is 6.09. The highest BCUT2D eigenvalue weighted by Crippen LogP contribution is 2.38. The summed E-state index contributed by atoms with van der Waals surface area (Å²) in [5, 5.41) is 12.3. The van der Waals surface area contributed by atoms with Gasteiger partial charge in [-0.2, -0.15) is 0 Å². The first-order valence-corrected chi connectivity index (χ1v) is 8.38. The van der Waals surface area contributed by atoms with E-state index in [1.807, 2.05) is 0 Å². The Morgan fingerprint density at radius 2 is 1.68 bits per heavy atom. The van der Waals surface area contributed by atoms with Crippen LogP contribution in [0.5, 0.6) is 17.2 Å². The molecule has 2 aromatic carbocycles. The van der Waals surface area contributed by atoms with Crippen LogP contribution in [-0.2, 0) is 9.59 Å². The van der Waals surface area contributed by atoms with Gasteiger partial charge in [-0.25, -0.2) is 4.39 Å². The number of hydrogen-bond donors (Lipinski definition) is 2. The normalized spacial score (nSPS) is 15.6. The number of rotatable bonds is 4. The van der Waals surface area contributed by atoms with Gasteiger partial charge in [-0.1, -0.05) is 0 Å². The monoisotopic (exact) mass is 402 g/mol. The van der Waals surface area contributed by atoms with Crippen molar-refractivity contribution >= 4 is 40.9 Å². The van der Waals surface area contributed by atoms with Gasteiger partial charge in [0.1, 0.15) is 11.4 Å². The molecule has 0 aromatic heterocycles. The molecular weight excluding hydrogens is 387 g/mol. The van der Waals surface area contributed by atoms with Crippen LogP contribution >= 0.6 is 12.2 Å². The van der Waals surface area contributed by atoms with Crippen molar-refractivity contribution in [1.82, 2.24) is 5.32 Å². The van der Waals surface area contributed by atoms with E-state index in [0.29, 0.717) is 11.3 Å². The molecule has 1 aliphatic rings. The second-order valence-electron chi connectivity index (χ2n) is 5.71. The summed E-state index contributed by atoms with van der Waals surface area (Å²) in [4.78, 5) is 26.3. The molecule has 7 nitrogen and oxygen atoms in total. The highest BCUT2D eigenvalue weighted by atomic mass is 32.1. The number of methoxy groups -OCH3 is 2. The first-order valence-electron chi connectivity index (χ1n) is 7.97. The number of halogens is 1. The maximum Gasteiger partial charge on any atom is 0.270 e. The standard InChI is InChI=1S/C19H15FN2O5S/c1-26-14-8-10(9-15(27-2)16(14)23)7-13-17(24)21-19(28)22(18(13)25)12-5-3-11(20)4-6-12/h3-9,23H,1-2H3,(H,21,24,28)/b13-7-. The van der Waals surface area contributed by atoms with Gasteiger partial charge in [-0.05, 0) is 60.3 Å². The quantitative estimate of drug-likeness (QED) is 0.464. The van der Waals surface area contributed by atoms with Gasteiger partial charge in [0.05, 0.1) is 19.9 Å². The summed E-state index contributed by atoms with van der Waals surface area (Å²) in [5.41, 5.74) is 0.493. The van der Waals surface area contributed by atoms with Crippen molar-refractivity contribution < 1.29 is 28.6 Å². The van der Waals surface area contributed by atoms with E-state index in [1.54, 1.807) is 0 Å². The van der Waals surface area contributed by atoms with Crippen LogP contribution in [0.25, 0.3) is 6.08 Å². The molecule has 0 saturated carbocycles. The number of phenols is 1. The van der Waals surface area contributed by atoms with Crippen LogP contribution in [0.1, 0.15) is 5.56 Å². The minimum absolute atomic E-state index is 0.111. The summed E-state index contributed by atoms with van der Waals surface area (Å²) in [6.07, 6.45) is 1.32. The molecule has 0 bridgehead atoms. The number of hydrogen-bond acceptors (Lipinski definition) is 6. The predicted molar refractivity (Wildman–Crippen MR) is 104 cm³/mol. The van der Waals surface area contributed by atoms with Crippen LogP contribution in [-0.4, -0.2) is 36.3 Å². The lowest BCUT2D eigenvalue weighted by Gasteiger charge is -2.28. The number of nitrogens with zero attached hydrogens (tertiary/aromatic N) is 1. The molecule has 28 heavy (non-hydrogen) atoms. The Kier molecular flexibility index (Phi) is 5.27. The first kappa shape index (κ1) is 19.3. The first-order chi connectivity index (χ1) is 13.3. The molecule has 2 N–H and O–H groups in total. The summed E-state index contributed by atoms with van der Waals surface area (Å²) in [6, 6.07) is 8.01. The molecule has 0 aliphatic carbocycles. The third-order valence-electron chi connectivity index (χ3n) is 4.00. The highest BCUT2D eigenvalue weighted by molar-refractivity contribution is 7.80. The maximum absolute atomic E-state index is 13.2. The van der Waals surface area contributed by atoms with Crippen LogP contribution in [0.4, 0.5) is 10.1 Å². The Morgan fingerprint density at radius 3 is 2.21 bits per heavy atom. The van der Waals surface area contributed by atoms with E-state index in [9.17, 15) is 19.1 Å². The summed E-state index contributed by atoms with van der Waals surface area (Å²) in [7, 11) is 2.72. The number of aromatic hydroxyl groups is 1. The number of benzene rings is 2. The molecule has 3 rings (SSSR count). The van der Waals surface area contributed by atoms with Crippen molar-refractivity contribution in [2.75, 3.05) is 19.1 Å². The number of amides is 2. The fourth-order valence-electron chi connectivity index (χ4n) is 2.65. The number of carbonyl (C=O) groups is 2. The second kappa shape index (κ2) is 7.65. The topological polar surface area (TPSA) is 88.1 Å². The summed E-state index contributed by atoms with van der Waals surface area (Å²) < 4.78 is 23.3. The van der Waals surface area contributed by atoms with E-state index in [4.69, 9.17) is 21.7 Å². The fourth-order valence-corrected chi connectivity index (χ4v) is 2.93. The third-order valence-corrected chi connectivity index (χ3v) is 4.28. The van der Waals surface area contributed by atoms with E-state index in [0.717, 1.165) is 4.90 Å². The number of nitrogens with one attached hydrogen (secondary N) is 1. The van der Waals surface area contributed by atoms with Crippen molar-refractivity contribution in [1.29, 1.82) is 0 Å². The van der Waals surface area contributed by atoms with Crippen LogP contribution in [0, 0.1) is 5.82 Å². The van der Waals surface area contributed by atoms with Gasteiger partial charge in [-0.3, -0.25) is 19.8 Å². The van der Waals surface area contributed by atoms with Crippen LogP contribution < -0.4 is 19.7 Å². The average Bonchev–Trinajstić information content (AvgIpc) is 2.67. The van der Waals surface area contributed by atoms with Gasteiger partial charge in [0, 0.05) is 0 Å². The highest BCUT2D eigenvalue weighted by Gasteiger charge is 2.34. The molecule has 1 fully saturated rings. The van der Waals surface area contributed by atoms with Crippen molar-refractivity contribution in [3.8, 4) is 17.2 Å². The average molecular weight is 402 g/mol. The number of ether oxygens (including phenoxy) is 2. The van der Waals surface area contributed by atoms with Crippen molar-refractivity contribution in [3.63, 3.8) is 0 Å². The molecule has 0 spiro atoms. The van der Waals surface area contributed by atoms with E-state index >= 15 is 0 Å². The molecule has 0 atom stereocenters. The molecule has 144 valence electrons. The minimum atomic E-state index is -0.681. The molecule has 2 aromatic rings.